The first-order chi connectivity index (χ1) is 9.61. The molecule has 0 bridgehead atoms. The summed E-state index contributed by atoms with van der Waals surface area (Å²) in [6, 6.07) is 3.84. The summed E-state index contributed by atoms with van der Waals surface area (Å²) in [6.07, 6.45) is -0.712. The van der Waals surface area contributed by atoms with Crippen LogP contribution in [0, 0.1) is 0 Å². The molecule has 2 atom stereocenters. The number of hydrogen-bond donors (Lipinski definition) is 1. The van der Waals surface area contributed by atoms with E-state index in [9.17, 15) is 13.0 Å². The average Bonchev–Trinajstić information content (AvgIpc) is 2.31. The van der Waals surface area contributed by atoms with Crippen molar-refractivity contribution in [3.8, 4) is 0 Å². The number of nitrogens with zero attached hydrogens (tertiary/aromatic N) is 1. The van der Waals surface area contributed by atoms with Crippen LogP contribution in [0.15, 0.2) is 18.2 Å². The quantitative estimate of drug-likeness (QED) is 0.791. The van der Waals surface area contributed by atoms with E-state index >= 15 is 0 Å². The van der Waals surface area contributed by atoms with Gasteiger partial charge in [-0.2, -0.15) is 12.7 Å². The van der Waals surface area contributed by atoms with Gasteiger partial charge < -0.3 is 4.74 Å². The number of ether oxygens (including phenoxy) is 1. The van der Waals surface area contributed by atoms with Gasteiger partial charge in [-0.05, 0) is 32.9 Å². The first kappa shape index (κ1) is 18.7. The largest absolute Gasteiger partial charge is 0.375 e. The van der Waals surface area contributed by atoms with Crippen LogP contribution >= 0.6 is 23.2 Å². The second kappa shape index (κ2) is 7.26. The minimum Gasteiger partial charge on any atom is -0.375 e. The van der Waals surface area contributed by atoms with E-state index in [-0.39, 0.29) is 0 Å². The first-order valence-electron chi connectivity index (χ1n) is 6.33. The van der Waals surface area contributed by atoms with Gasteiger partial charge in [-0.1, -0.05) is 29.3 Å². The van der Waals surface area contributed by atoms with Crippen LogP contribution in [0.4, 0.5) is 0 Å². The van der Waals surface area contributed by atoms with Gasteiger partial charge in [0, 0.05) is 28.8 Å². The molecule has 0 unspecified atom stereocenters. The van der Waals surface area contributed by atoms with E-state index in [0.717, 1.165) is 4.31 Å². The number of halogens is 2. The van der Waals surface area contributed by atoms with Crippen LogP contribution in [-0.4, -0.2) is 36.5 Å². The molecular formula is C13H19Cl2NO4S. The Morgan fingerprint density at radius 3 is 2.00 bits per heavy atom. The summed E-state index contributed by atoms with van der Waals surface area (Å²) in [4.78, 5) is 0. The fourth-order valence-electron chi connectivity index (χ4n) is 2.42. The molecule has 0 aliphatic heterocycles. The molecule has 0 aliphatic carbocycles. The van der Waals surface area contributed by atoms with Crippen molar-refractivity contribution in [3.63, 3.8) is 0 Å². The standard InChI is InChI=1S/C13H19Cl2NO4S/c1-8(2)16(21(17,18)19)9(3)13(20-4)12-10(14)6-5-7-11(12)15/h5-9,13H,1-4H3,(H,17,18,19)/t9-,13+/m0/s1. The van der Waals surface area contributed by atoms with Crippen molar-refractivity contribution in [3.05, 3.63) is 33.8 Å². The molecule has 0 aromatic heterocycles. The third-order valence-electron chi connectivity index (χ3n) is 3.15. The fraction of sp³-hybridized carbons (Fsp3) is 0.538. The van der Waals surface area contributed by atoms with Crippen molar-refractivity contribution in [2.24, 2.45) is 0 Å². The zero-order valence-corrected chi connectivity index (χ0v) is 14.6. The molecule has 0 spiro atoms. The molecule has 1 rings (SSSR count). The van der Waals surface area contributed by atoms with Gasteiger partial charge in [0.05, 0.1) is 6.04 Å². The molecule has 1 aromatic rings. The van der Waals surface area contributed by atoms with Crippen molar-refractivity contribution >= 4 is 33.5 Å². The van der Waals surface area contributed by atoms with Gasteiger partial charge in [0.2, 0.25) is 0 Å². The third kappa shape index (κ3) is 4.31. The maximum absolute atomic E-state index is 11.6. The van der Waals surface area contributed by atoms with Gasteiger partial charge in [-0.3, -0.25) is 4.55 Å². The van der Waals surface area contributed by atoms with E-state index in [4.69, 9.17) is 27.9 Å². The van der Waals surface area contributed by atoms with Crippen LogP contribution in [0.2, 0.25) is 10.0 Å². The molecular weight excluding hydrogens is 337 g/mol. The van der Waals surface area contributed by atoms with Gasteiger partial charge >= 0.3 is 10.3 Å². The Labute approximate surface area is 135 Å². The monoisotopic (exact) mass is 355 g/mol. The second-order valence-corrected chi connectivity index (χ2v) is 7.07. The van der Waals surface area contributed by atoms with Crippen molar-refractivity contribution in [1.82, 2.24) is 4.31 Å². The Bertz CT molecular complexity index is 572. The molecule has 0 fully saturated rings. The summed E-state index contributed by atoms with van der Waals surface area (Å²) < 4.78 is 39.0. The number of benzene rings is 1. The minimum atomic E-state index is -4.39. The van der Waals surface area contributed by atoms with Crippen LogP contribution in [-0.2, 0) is 15.0 Å². The van der Waals surface area contributed by atoms with E-state index < -0.39 is 28.5 Å². The van der Waals surface area contributed by atoms with E-state index in [2.05, 4.69) is 0 Å². The molecule has 0 amide bonds. The van der Waals surface area contributed by atoms with Crippen molar-refractivity contribution in [2.45, 2.75) is 39.0 Å². The smallest absolute Gasteiger partial charge is 0.336 e. The van der Waals surface area contributed by atoms with Gasteiger partial charge in [-0.25, -0.2) is 0 Å². The summed E-state index contributed by atoms with van der Waals surface area (Å²) in [7, 11) is -2.95. The Balaban J connectivity index is 3.32. The lowest BCUT2D eigenvalue weighted by atomic mass is 10.0. The van der Waals surface area contributed by atoms with Crippen LogP contribution in [0.3, 0.4) is 0 Å². The predicted octanol–water partition coefficient (Wildman–Crippen LogP) is 3.58. The molecule has 5 nitrogen and oxygen atoms in total. The summed E-state index contributed by atoms with van der Waals surface area (Å²) in [5.74, 6) is 0. The van der Waals surface area contributed by atoms with E-state index in [0.29, 0.717) is 15.6 Å². The molecule has 0 aliphatic rings. The number of rotatable bonds is 6. The van der Waals surface area contributed by atoms with E-state index in [1.54, 1.807) is 39.0 Å². The molecule has 120 valence electrons. The van der Waals surface area contributed by atoms with E-state index in [1.165, 1.54) is 7.11 Å². The maximum Gasteiger partial charge on any atom is 0.336 e. The zero-order chi connectivity index (χ0) is 16.4. The maximum atomic E-state index is 11.6. The summed E-state index contributed by atoms with van der Waals surface area (Å²) >= 11 is 12.3. The molecule has 8 heteroatoms. The van der Waals surface area contributed by atoms with Crippen molar-refractivity contribution in [2.75, 3.05) is 7.11 Å². The Hall–Kier alpha value is -0.370. The first-order valence-corrected chi connectivity index (χ1v) is 8.49. The topological polar surface area (TPSA) is 66.8 Å². The zero-order valence-electron chi connectivity index (χ0n) is 12.2. The molecule has 21 heavy (non-hydrogen) atoms. The SMILES string of the molecule is CO[C@@H](c1c(Cl)cccc1Cl)[C@H](C)N(C(C)C)S(=O)(=O)O. The van der Waals surface area contributed by atoms with Crippen LogP contribution in [0.5, 0.6) is 0 Å². The van der Waals surface area contributed by atoms with Crippen LogP contribution < -0.4 is 0 Å². The highest BCUT2D eigenvalue weighted by atomic mass is 35.5. The van der Waals surface area contributed by atoms with E-state index in [1.807, 2.05) is 0 Å². The summed E-state index contributed by atoms with van der Waals surface area (Å²) in [6.45, 7) is 4.94. The van der Waals surface area contributed by atoms with Gasteiger partial charge in [0.15, 0.2) is 0 Å². The minimum absolute atomic E-state index is 0.375. The van der Waals surface area contributed by atoms with Crippen molar-refractivity contribution < 1.29 is 17.7 Å². The number of methoxy groups -OCH3 is 1. The Morgan fingerprint density at radius 1 is 1.19 bits per heavy atom. The molecule has 0 saturated heterocycles. The highest BCUT2D eigenvalue weighted by Gasteiger charge is 2.35. The van der Waals surface area contributed by atoms with Crippen LogP contribution in [0.1, 0.15) is 32.4 Å². The fourth-order valence-corrected chi connectivity index (χ4v) is 4.09. The summed E-state index contributed by atoms with van der Waals surface area (Å²) in [5, 5.41) is 0.750. The highest BCUT2D eigenvalue weighted by Crippen LogP contribution is 2.36. The second-order valence-electron chi connectivity index (χ2n) is 4.93. The lowest BCUT2D eigenvalue weighted by Gasteiger charge is -2.34. The highest BCUT2D eigenvalue weighted by molar-refractivity contribution is 7.83. The van der Waals surface area contributed by atoms with Gasteiger partial charge in [0.25, 0.3) is 0 Å². The van der Waals surface area contributed by atoms with Crippen LogP contribution in [0.25, 0.3) is 0 Å². The lowest BCUT2D eigenvalue weighted by molar-refractivity contribution is 0.0382. The number of hydrogen-bond acceptors (Lipinski definition) is 3. The predicted molar refractivity (Wildman–Crippen MR) is 84.2 cm³/mol. The Kier molecular flexibility index (Phi) is 6.46. The molecule has 0 radical (unpaired) electrons. The lowest BCUT2D eigenvalue weighted by Crippen LogP contribution is -2.46. The molecule has 1 N–H and O–H groups in total. The van der Waals surface area contributed by atoms with Crippen molar-refractivity contribution in [1.29, 1.82) is 0 Å². The third-order valence-corrected chi connectivity index (χ3v) is 5.10. The summed E-state index contributed by atoms with van der Waals surface area (Å²) in [5.41, 5.74) is 0.491. The normalized spacial score (nSPS) is 15.5. The average molecular weight is 356 g/mol. The van der Waals surface area contributed by atoms with Gasteiger partial charge in [0.1, 0.15) is 6.10 Å². The molecule has 0 saturated carbocycles. The molecule has 0 heterocycles. The molecule has 1 aromatic carbocycles. The van der Waals surface area contributed by atoms with Gasteiger partial charge in [-0.15, -0.1) is 0 Å². The Morgan fingerprint density at radius 2 is 1.67 bits per heavy atom.